The van der Waals surface area contributed by atoms with Crippen molar-refractivity contribution < 1.29 is 14.3 Å². The Hall–Kier alpha value is -1.55. The van der Waals surface area contributed by atoms with Crippen molar-refractivity contribution in [1.82, 2.24) is 0 Å². The van der Waals surface area contributed by atoms with E-state index >= 15 is 0 Å². The number of ether oxygens (including phenoxy) is 2. The van der Waals surface area contributed by atoms with E-state index in [1.54, 1.807) is 7.11 Å². The molecule has 2 atom stereocenters. The number of aryl methyl sites for hydroxylation is 1. The molecule has 0 aromatic heterocycles. The average Bonchev–Trinajstić information content (AvgIpc) is 2.48. The van der Waals surface area contributed by atoms with Crippen LogP contribution in [0.1, 0.15) is 53.0 Å². The second-order valence-corrected chi connectivity index (χ2v) is 6.80. The van der Waals surface area contributed by atoms with E-state index in [-0.39, 0.29) is 12.0 Å². The van der Waals surface area contributed by atoms with Crippen molar-refractivity contribution in [2.24, 2.45) is 5.92 Å². The smallest absolute Gasteiger partial charge is 0.256 e. The summed E-state index contributed by atoms with van der Waals surface area (Å²) in [5, 5.41) is 2.95. The van der Waals surface area contributed by atoms with Gasteiger partial charge in [0, 0.05) is 12.8 Å². The van der Waals surface area contributed by atoms with Crippen LogP contribution in [0.15, 0.2) is 18.2 Å². The molecule has 0 aliphatic carbocycles. The Bertz CT molecular complexity index is 527. The van der Waals surface area contributed by atoms with Gasteiger partial charge in [0.25, 0.3) is 5.91 Å². The molecular formula is C19H31NO3. The zero-order chi connectivity index (χ0) is 17.6. The van der Waals surface area contributed by atoms with Crippen molar-refractivity contribution in [2.45, 2.75) is 66.1 Å². The van der Waals surface area contributed by atoms with Gasteiger partial charge >= 0.3 is 0 Å². The fourth-order valence-electron chi connectivity index (χ4n) is 2.47. The molecule has 4 heteroatoms. The van der Waals surface area contributed by atoms with E-state index < -0.39 is 5.60 Å². The lowest BCUT2D eigenvalue weighted by molar-refractivity contribution is -0.137. The Labute approximate surface area is 140 Å². The minimum atomic E-state index is -0.825. The van der Waals surface area contributed by atoms with Gasteiger partial charge in [0.1, 0.15) is 11.4 Å². The monoisotopic (exact) mass is 321 g/mol. The van der Waals surface area contributed by atoms with Gasteiger partial charge in [0.05, 0.1) is 6.10 Å². The maximum atomic E-state index is 12.6. The van der Waals surface area contributed by atoms with Gasteiger partial charge in [0.2, 0.25) is 0 Å². The summed E-state index contributed by atoms with van der Waals surface area (Å²) in [4.78, 5) is 12.6. The molecule has 130 valence electrons. The SMILES string of the molecule is CC[C@@H](C)Oc1ccc(NC(=O)[C@](C)(CC(C)C)OC)cc1C. The van der Waals surface area contributed by atoms with Gasteiger partial charge in [-0.15, -0.1) is 0 Å². The highest BCUT2D eigenvalue weighted by molar-refractivity contribution is 5.97. The molecule has 0 bridgehead atoms. The van der Waals surface area contributed by atoms with Crippen molar-refractivity contribution in [3.05, 3.63) is 23.8 Å². The molecule has 0 saturated carbocycles. The van der Waals surface area contributed by atoms with Crippen LogP contribution < -0.4 is 10.1 Å². The number of methoxy groups -OCH3 is 1. The number of amides is 1. The first kappa shape index (κ1) is 19.5. The molecule has 0 fully saturated rings. The Morgan fingerprint density at radius 1 is 1.30 bits per heavy atom. The summed E-state index contributed by atoms with van der Waals surface area (Å²) in [5.41, 5.74) is 0.940. The zero-order valence-corrected chi connectivity index (χ0v) is 15.5. The molecule has 23 heavy (non-hydrogen) atoms. The van der Waals surface area contributed by atoms with Gasteiger partial charge in [0.15, 0.2) is 0 Å². The van der Waals surface area contributed by atoms with E-state index in [0.29, 0.717) is 12.3 Å². The van der Waals surface area contributed by atoms with Crippen LogP contribution in [0.4, 0.5) is 5.69 Å². The first-order valence-electron chi connectivity index (χ1n) is 8.35. The number of hydrogen-bond acceptors (Lipinski definition) is 3. The average molecular weight is 321 g/mol. The predicted octanol–water partition coefficient (Wildman–Crippen LogP) is 4.56. The van der Waals surface area contributed by atoms with Gasteiger partial charge in [-0.2, -0.15) is 0 Å². The van der Waals surface area contributed by atoms with Crippen LogP contribution in [0.2, 0.25) is 0 Å². The topological polar surface area (TPSA) is 47.6 Å². The van der Waals surface area contributed by atoms with Crippen LogP contribution in [0, 0.1) is 12.8 Å². The van der Waals surface area contributed by atoms with Crippen molar-refractivity contribution in [2.75, 3.05) is 12.4 Å². The molecule has 1 aromatic rings. The molecule has 1 N–H and O–H groups in total. The molecule has 1 amide bonds. The number of benzene rings is 1. The number of anilines is 1. The zero-order valence-electron chi connectivity index (χ0n) is 15.5. The van der Waals surface area contributed by atoms with Crippen LogP contribution >= 0.6 is 0 Å². The van der Waals surface area contributed by atoms with Crippen LogP contribution in [-0.4, -0.2) is 24.7 Å². The molecule has 1 aromatic carbocycles. The van der Waals surface area contributed by atoms with Crippen molar-refractivity contribution in [3.8, 4) is 5.75 Å². The molecule has 0 spiro atoms. The van der Waals surface area contributed by atoms with Gasteiger partial charge in [-0.1, -0.05) is 20.8 Å². The number of nitrogens with one attached hydrogen (secondary N) is 1. The van der Waals surface area contributed by atoms with Crippen molar-refractivity contribution in [1.29, 1.82) is 0 Å². The van der Waals surface area contributed by atoms with E-state index in [0.717, 1.165) is 23.4 Å². The number of rotatable bonds is 8. The molecule has 0 heterocycles. The standard InChI is InChI=1S/C19H31NO3/c1-8-15(5)23-17-10-9-16(11-14(17)4)20-18(21)19(6,22-7)12-13(2)3/h9-11,13,15H,8,12H2,1-7H3,(H,20,21)/t15-,19+/m1/s1. The lowest BCUT2D eigenvalue weighted by Gasteiger charge is -2.28. The Morgan fingerprint density at radius 2 is 1.96 bits per heavy atom. The minimum absolute atomic E-state index is 0.122. The van der Waals surface area contributed by atoms with E-state index in [1.165, 1.54) is 0 Å². The second-order valence-electron chi connectivity index (χ2n) is 6.80. The molecule has 0 aliphatic heterocycles. The van der Waals surface area contributed by atoms with E-state index in [9.17, 15) is 4.79 Å². The molecule has 0 radical (unpaired) electrons. The second kappa shape index (κ2) is 8.34. The van der Waals surface area contributed by atoms with Gasteiger partial charge in [-0.3, -0.25) is 4.79 Å². The summed E-state index contributed by atoms with van der Waals surface area (Å²) < 4.78 is 11.3. The summed E-state index contributed by atoms with van der Waals surface area (Å²) in [6, 6.07) is 5.71. The number of carbonyl (C=O) groups excluding carboxylic acids is 1. The van der Waals surface area contributed by atoms with Crippen LogP contribution in [0.5, 0.6) is 5.75 Å². The Balaban J connectivity index is 2.84. The molecule has 0 aliphatic rings. The summed E-state index contributed by atoms with van der Waals surface area (Å²) in [7, 11) is 1.58. The molecule has 0 saturated heterocycles. The van der Waals surface area contributed by atoms with Crippen LogP contribution in [0.3, 0.4) is 0 Å². The minimum Gasteiger partial charge on any atom is -0.490 e. The quantitative estimate of drug-likeness (QED) is 0.763. The van der Waals surface area contributed by atoms with Crippen LogP contribution in [-0.2, 0) is 9.53 Å². The number of hydrogen-bond donors (Lipinski definition) is 1. The lowest BCUT2D eigenvalue weighted by atomic mass is 9.93. The lowest BCUT2D eigenvalue weighted by Crippen LogP contribution is -2.43. The van der Waals surface area contributed by atoms with E-state index in [2.05, 4.69) is 26.1 Å². The highest BCUT2D eigenvalue weighted by Gasteiger charge is 2.33. The van der Waals surface area contributed by atoms with E-state index in [1.807, 2.05) is 39.0 Å². The van der Waals surface area contributed by atoms with Crippen molar-refractivity contribution >= 4 is 11.6 Å². The largest absolute Gasteiger partial charge is 0.490 e. The Morgan fingerprint density at radius 3 is 2.43 bits per heavy atom. The summed E-state index contributed by atoms with van der Waals surface area (Å²) in [5.74, 6) is 1.11. The highest BCUT2D eigenvalue weighted by Crippen LogP contribution is 2.26. The number of carbonyl (C=O) groups is 1. The molecule has 0 unspecified atom stereocenters. The summed E-state index contributed by atoms with van der Waals surface area (Å²) in [6.07, 6.45) is 1.81. The highest BCUT2D eigenvalue weighted by atomic mass is 16.5. The molecular weight excluding hydrogens is 290 g/mol. The maximum Gasteiger partial charge on any atom is 0.256 e. The van der Waals surface area contributed by atoms with Gasteiger partial charge in [-0.05, 0) is 63.3 Å². The first-order chi connectivity index (χ1) is 10.7. The molecule has 4 nitrogen and oxygen atoms in total. The van der Waals surface area contributed by atoms with Crippen LogP contribution in [0.25, 0.3) is 0 Å². The fraction of sp³-hybridized carbons (Fsp3) is 0.632. The van der Waals surface area contributed by atoms with Gasteiger partial charge < -0.3 is 14.8 Å². The third-order valence-electron chi connectivity index (χ3n) is 4.06. The predicted molar refractivity (Wildman–Crippen MR) is 95.1 cm³/mol. The molecule has 1 rings (SSSR count). The third kappa shape index (κ3) is 5.54. The van der Waals surface area contributed by atoms with Gasteiger partial charge in [-0.25, -0.2) is 0 Å². The Kier molecular flexibility index (Phi) is 7.07. The fourth-order valence-corrected chi connectivity index (χ4v) is 2.47. The summed E-state index contributed by atoms with van der Waals surface area (Å²) >= 11 is 0. The van der Waals surface area contributed by atoms with E-state index in [4.69, 9.17) is 9.47 Å². The maximum absolute atomic E-state index is 12.6. The van der Waals surface area contributed by atoms with Crippen molar-refractivity contribution in [3.63, 3.8) is 0 Å². The summed E-state index contributed by atoms with van der Waals surface area (Å²) in [6.45, 7) is 12.1. The third-order valence-corrected chi connectivity index (χ3v) is 4.06. The normalized spacial score (nSPS) is 15.1. The first-order valence-corrected chi connectivity index (χ1v) is 8.35.